The van der Waals surface area contributed by atoms with Gasteiger partial charge >= 0.3 is 0 Å². The molecule has 0 amide bonds. The Morgan fingerprint density at radius 3 is 3.00 bits per heavy atom. The smallest absolute Gasteiger partial charge is 0.236 e. The van der Waals surface area contributed by atoms with E-state index in [-0.39, 0.29) is 17.5 Å². The predicted molar refractivity (Wildman–Crippen MR) is 74.0 cm³/mol. The first-order chi connectivity index (χ1) is 9.60. The zero-order valence-electron chi connectivity index (χ0n) is 11.3. The molecule has 1 aromatic carbocycles. The van der Waals surface area contributed by atoms with E-state index in [4.69, 9.17) is 4.52 Å². The molecule has 1 unspecified atom stereocenters. The Morgan fingerprint density at radius 1 is 1.50 bits per heavy atom. The minimum absolute atomic E-state index is 0.0676. The number of halogens is 1. The topological polar surface area (TPSA) is 56.0 Å². The third-order valence-electron chi connectivity index (χ3n) is 2.85. The third-order valence-corrected chi connectivity index (χ3v) is 3.84. The van der Waals surface area contributed by atoms with Crippen molar-refractivity contribution in [2.24, 2.45) is 0 Å². The maximum Gasteiger partial charge on any atom is 0.236 e. The number of rotatable bonds is 6. The number of nitrogens with zero attached hydrogens (tertiary/aromatic N) is 2. The van der Waals surface area contributed by atoms with E-state index in [1.54, 1.807) is 19.9 Å². The van der Waals surface area contributed by atoms with Crippen LogP contribution in [0.3, 0.4) is 0 Å². The van der Waals surface area contributed by atoms with Crippen LogP contribution < -0.4 is 0 Å². The first kappa shape index (κ1) is 14.7. The highest BCUT2D eigenvalue weighted by molar-refractivity contribution is 7.98. The molecule has 0 spiro atoms. The van der Waals surface area contributed by atoms with Crippen molar-refractivity contribution >= 4 is 17.5 Å². The van der Waals surface area contributed by atoms with Crippen molar-refractivity contribution < 1.29 is 13.7 Å². The van der Waals surface area contributed by atoms with Gasteiger partial charge in [-0.3, -0.25) is 4.79 Å². The summed E-state index contributed by atoms with van der Waals surface area (Å²) >= 11 is 1.42. The zero-order valence-corrected chi connectivity index (χ0v) is 12.1. The van der Waals surface area contributed by atoms with Crippen LogP contribution in [-0.2, 0) is 10.5 Å². The van der Waals surface area contributed by atoms with Crippen molar-refractivity contribution in [1.29, 1.82) is 0 Å². The summed E-state index contributed by atoms with van der Waals surface area (Å²) in [6.07, 6.45) is 0.441. The molecule has 20 heavy (non-hydrogen) atoms. The first-order valence-electron chi connectivity index (χ1n) is 6.33. The summed E-state index contributed by atoms with van der Waals surface area (Å²) in [6.45, 7) is 3.55. The van der Waals surface area contributed by atoms with E-state index in [2.05, 4.69) is 10.1 Å². The second-order valence-corrected chi connectivity index (χ2v) is 5.39. The Balaban J connectivity index is 1.98. The van der Waals surface area contributed by atoms with E-state index >= 15 is 0 Å². The van der Waals surface area contributed by atoms with Gasteiger partial charge < -0.3 is 4.52 Å². The van der Waals surface area contributed by atoms with Gasteiger partial charge in [0, 0.05) is 11.3 Å². The van der Waals surface area contributed by atoms with E-state index in [0.717, 1.165) is 4.90 Å². The van der Waals surface area contributed by atoms with E-state index in [1.165, 1.54) is 23.9 Å². The number of ketones is 1. The first-order valence-corrected chi connectivity index (χ1v) is 7.32. The van der Waals surface area contributed by atoms with E-state index in [1.807, 2.05) is 6.07 Å². The van der Waals surface area contributed by atoms with Gasteiger partial charge in [-0.15, -0.1) is 11.8 Å². The molecule has 1 heterocycles. The van der Waals surface area contributed by atoms with Crippen LogP contribution in [0.4, 0.5) is 4.39 Å². The minimum Gasteiger partial charge on any atom is -0.339 e. The highest BCUT2D eigenvalue weighted by Gasteiger charge is 2.20. The molecule has 0 aliphatic rings. The molecule has 0 bridgehead atoms. The summed E-state index contributed by atoms with van der Waals surface area (Å²) in [5, 5.41) is 3.84. The lowest BCUT2D eigenvalue weighted by Crippen LogP contribution is -2.07. The van der Waals surface area contributed by atoms with Gasteiger partial charge in [0.2, 0.25) is 5.89 Å². The van der Waals surface area contributed by atoms with Gasteiger partial charge in [0.05, 0.1) is 11.7 Å². The number of aromatic nitrogens is 2. The molecule has 0 aliphatic carbocycles. The van der Waals surface area contributed by atoms with Crippen molar-refractivity contribution in [3.63, 3.8) is 0 Å². The van der Waals surface area contributed by atoms with E-state index in [0.29, 0.717) is 23.9 Å². The molecular weight excluding hydrogens is 279 g/mol. The van der Waals surface area contributed by atoms with Crippen LogP contribution in [0.2, 0.25) is 0 Å². The quantitative estimate of drug-likeness (QED) is 0.762. The molecule has 0 N–H and O–H groups in total. The fraction of sp³-hybridized carbons (Fsp3) is 0.357. The molecular formula is C14H15FN2O2S. The number of hydrogen-bond acceptors (Lipinski definition) is 5. The SMILES string of the molecule is CCC(=O)C(C)c1nc(CSc2cccc(F)c2)no1. The molecule has 2 rings (SSSR count). The molecule has 0 saturated carbocycles. The number of thioether (sulfide) groups is 1. The summed E-state index contributed by atoms with van der Waals surface area (Å²) in [5.74, 6) is 0.737. The molecule has 0 radical (unpaired) electrons. The molecule has 0 saturated heterocycles. The van der Waals surface area contributed by atoms with Crippen LogP contribution in [0.1, 0.15) is 37.9 Å². The van der Waals surface area contributed by atoms with Gasteiger partial charge in [-0.1, -0.05) is 18.1 Å². The fourth-order valence-electron chi connectivity index (χ4n) is 1.65. The average molecular weight is 294 g/mol. The lowest BCUT2D eigenvalue weighted by Gasteiger charge is -2.01. The molecule has 6 heteroatoms. The summed E-state index contributed by atoms with van der Waals surface area (Å²) in [5.41, 5.74) is 0. The maximum absolute atomic E-state index is 13.0. The summed E-state index contributed by atoms with van der Waals surface area (Å²) in [6, 6.07) is 6.32. The van der Waals surface area contributed by atoms with Crippen LogP contribution >= 0.6 is 11.8 Å². The second kappa shape index (κ2) is 6.65. The lowest BCUT2D eigenvalue weighted by atomic mass is 10.1. The van der Waals surface area contributed by atoms with Gasteiger partial charge in [-0.2, -0.15) is 4.98 Å². The van der Waals surface area contributed by atoms with Gasteiger partial charge in [-0.25, -0.2) is 4.39 Å². The van der Waals surface area contributed by atoms with Crippen molar-refractivity contribution in [3.8, 4) is 0 Å². The second-order valence-electron chi connectivity index (χ2n) is 4.34. The molecule has 0 aliphatic heterocycles. The standard InChI is InChI=1S/C14H15FN2O2S/c1-3-12(18)9(2)14-16-13(17-19-14)8-20-11-6-4-5-10(15)7-11/h4-7,9H,3,8H2,1-2H3. The highest BCUT2D eigenvalue weighted by atomic mass is 32.2. The van der Waals surface area contributed by atoms with Crippen LogP contribution in [-0.4, -0.2) is 15.9 Å². The monoisotopic (exact) mass is 294 g/mol. The van der Waals surface area contributed by atoms with Gasteiger partial charge in [0.1, 0.15) is 11.6 Å². The van der Waals surface area contributed by atoms with Gasteiger partial charge in [-0.05, 0) is 25.1 Å². The van der Waals surface area contributed by atoms with Gasteiger partial charge in [0.25, 0.3) is 0 Å². The Bertz CT molecular complexity index is 600. The summed E-state index contributed by atoms with van der Waals surface area (Å²) in [7, 11) is 0. The number of hydrogen-bond donors (Lipinski definition) is 0. The number of benzene rings is 1. The van der Waals surface area contributed by atoms with E-state index in [9.17, 15) is 9.18 Å². The molecule has 106 valence electrons. The predicted octanol–water partition coefficient (Wildman–Crippen LogP) is 3.58. The summed E-state index contributed by atoms with van der Waals surface area (Å²) < 4.78 is 18.1. The van der Waals surface area contributed by atoms with Crippen LogP contribution in [0, 0.1) is 5.82 Å². The van der Waals surface area contributed by atoms with Crippen molar-refractivity contribution in [2.75, 3.05) is 0 Å². The number of carbonyl (C=O) groups is 1. The van der Waals surface area contributed by atoms with E-state index < -0.39 is 0 Å². The number of Topliss-reactive ketones (excluding diaryl/α,β-unsaturated/α-hetero) is 1. The Labute approximate surface area is 120 Å². The number of carbonyl (C=O) groups excluding carboxylic acids is 1. The molecule has 1 aromatic heterocycles. The van der Waals surface area contributed by atoms with Crippen LogP contribution in [0.15, 0.2) is 33.7 Å². The zero-order chi connectivity index (χ0) is 14.5. The third kappa shape index (κ3) is 3.66. The van der Waals surface area contributed by atoms with Gasteiger partial charge in [0.15, 0.2) is 5.82 Å². The van der Waals surface area contributed by atoms with Crippen molar-refractivity contribution in [3.05, 3.63) is 41.8 Å². The molecule has 0 fully saturated rings. The molecule has 4 nitrogen and oxygen atoms in total. The minimum atomic E-state index is -0.375. The molecule has 2 aromatic rings. The molecule has 1 atom stereocenters. The van der Waals surface area contributed by atoms with Crippen molar-refractivity contribution in [1.82, 2.24) is 10.1 Å². The van der Waals surface area contributed by atoms with Crippen LogP contribution in [0.25, 0.3) is 0 Å². The van der Waals surface area contributed by atoms with Crippen molar-refractivity contribution in [2.45, 2.75) is 36.8 Å². The Hall–Kier alpha value is -1.69. The Morgan fingerprint density at radius 2 is 2.30 bits per heavy atom. The normalized spacial score (nSPS) is 12.3. The summed E-state index contributed by atoms with van der Waals surface area (Å²) in [4.78, 5) is 16.6. The fourth-order valence-corrected chi connectivity index (χ4v) is 2.43. The average Bonchev–Trinajstić information content (AvgIpc) is 2.92. The maximum atomic E-state index is 13.0. The highest BCUT2D eigenvalue weighted by Crippen LogP contribution is 2.23. The van der Waals surface area contributed by atoms with Crippen LogP contribution in [0.5, 0.6) is 0 Å². The Kier molecular flexibility index (Phi) is 4.89. The largest absolute Gasteiger partial charge is 0.339 e. The lowest BCUT2D eigenvalue weighted by molar-refractivity contribution is -0.120.